The van der Waals surface area contributed by atoms with Crippen LogP contribution in [0.5, 0.6) is 0 Å². The van der Waals surface area contributed by atoms with Crippen LogP contribution >= 0.6 is 0 Å². The Morgan fingerprint density at radius 1 is 1.12 bits per heavy atom. The summed E-state index contributed by atoms with van der Waals surface area (Å²) in [7, 11) is -3.12. The van der Waals surface area contributed by atoms with Gasteiger partial charge in [0.2, 0.25) is 0 Å². The molecule has 3 heterocycles. The van der Waals surface area contributed by atoms with E-state index < -0.39 is 28.0 Å². The summed E-state index contributed by atoms with van der Waals surface area (Å²) in [4.78, 5) is 25.4. The lowest BCUT2D eigenvalue weighted by Crippen LogP contribution is -2.49. The molecule has 0 aromatic carbocycles. The first kappa shape index (κ1) is 17.6. The Morgan fingerprint density at radius 3 is 2.42 bits per heavy atom. The van der Waals surface area contributed by atoms with E-state index in [9.17, 15) is 18.0 Å². The zero-order chi connectivity index (χ0) is 17.3. The van der Waals surface area contributed by atoms with Gasteiger partial charge in [-0.05, 0) is 32.1 Å². The zero-order valence-corrected chi connectivity index (χ0v) is 14.2. The van der Waals surface area contributed by atoms with Gasteiger partial charge in [0.05, 0.1) is 17.6 Å². The summed E-state index contributed by atoms with van der Waals surface area (Å²) in [6, 6.07) is -0.376. The van der Waals surface area contributed by atoms with Gasteiger partial charge >= 0.3 is 5.97 Å². The van der Waals surface area contributed by atoms with Crippen LogP contribution in [-0.4, -0.2) is 79.3 Å². The number of carbonyl (C=O) groups excluding carboxylic acids is 1. The molecule has 136 valence electrons. The highest BCUT2D eigenvalue weighted by Crippen LogP contribution is 2.26. The van der Waals surface area contributed by atoms with Crippen molar-refractivity contribution in [2.75, 3.05) is 24.7 Å². The molecule has 0 aromatic heterocycles. The summed E-state index contributed by atoms with van der Waals surface area (Å²) < 4.78 is 34.5. The summed E-state index contributed by atoms with van der Waals surface area (Å²) in [5.74, 6) is -1.34. The largest absolute Gasteiger partial charge is 0.479 e. The highest BCUT2D eigenvalue weighted by Gasteiger charge is 2.42. The quantitative estimate of drug-likeness (QED) is 0.723. The second kappa shape index (κ2) is 6.97. The number of carboxylic acid groups (broad SMARTS) is 1. The maximum atomic E-state index is 12.9. The maximum absolute atomic E-state index is 12.9. The number of aliphatic carboxylic acids is 1. The van der Waals surface area contributed by atoms with Crippen LogP contribution in [0.2, 0.25) is 0 Å². The van der Waals surface area contributed by atoms with E-state index in [4.69, 9.17) is 14.6 Å². The number of hydrogen-bond acceptors (Lipinski definition) is 6. The van der Waals surface area contributed by atoms with Crippen molar-refractivity contribution in [2.24, 2.45) is 0 Å². The standard InChI is InChI=1S/C15H23NO7S/c17-14(12-3-4-13(23-12)15(18)19)16(8-11-2-1-6-22-11)10-5-7-24(20,21)9-10/h10-13H,1-9H2,(H,18,19)/t10?,11?,12-,13+/m0/s1. The number of ether oxygens (including phenoxy) is 2. The molecule has 1 N–H and O–H groups in total. The van der Waals surface area contributed by atoms with Crippen LogP contribution in [0.1, 0.15) is 32.1 Å². The highest BCUT2D eigenvalue weighted by atomic mass is 32.2. The second-order valence-electron chi connectivity index (χ2n) is 6.71. The molecule has 0 aromatic rings. The molecule has 9 heteroatoms. The predicted octanol–water partition coefficient (Wildman–Crippen LogP) is -0.187. The zero-order valence-electron chi connectivity index (χ0n) is 13.4. The van der Waals surface area contributed by atoms with Gasteiger partial charge in [-0.1, -0.05) is 0 Å². The van der Waals surface area contributed by atoms with Crippen LogP contribution in [0, 0.1) is 0 Å². The van der Waals surface area contributed by atoms with Gasteiger partial charge < -0.3 is 19.5 Å². The number of hydrogen-bond donors (Lipinski definition) is 1. The van der Waals surface area contributed by atoms with Crippen molar-refractivity contribution < 1.29 is 32.6 Å². The van der Waals surface area contributed by atoms with Crippen LogP contribution in [0.4, 0.5) is 0 Å². The van der Waals surface area contributed by atoms with Gasteiger partial charge in [0.15, 0.2) is 15.9 Å². The molecule has 0 aliphatic carbocycles. The number of carboxylic acids is 1. The predicted molar refractivity (Wildman–Crippen MR) is 83.3 cm³/mol. The van der Waals surface area contributed by atoms with Gasteiger partial charge in [-0.2, -0.15) is 0 Å². The van der Waals surface area contributed by atoms with Crippen molar-refractivity contribution >= 4 is 21.7 Å². The Hall–Kier alpha value is -1.19. The molecule has 3 saturated heterocycles. The van der Waals surface area contributed by atoms with Crippen molar-refractivity contribution in [3.05, 3.63) is 0 Å². The normalized spacial score (nSPS) is 35.2. The van der Waals surface area contributed by atoms with Crippen LogP contribution in [0.15, 0.2) is 0 Å². The lowest BCUT2D eigenvalue weighted by atomic mass is 10.1. The van der Waals surface area contributed by atoms with E-state index in [1.165, 1.54) is 0 Å². The highest BCUT2D eigenvalue weighted by molar-refractivity contribution is 7.91. The first-order valence-corrected chi connectivity index (χ1v) is 10.2. The summed E-state index contributed by atoms with van der Waals surface area (Å²) >= 11 is 0. The molecule has 3 fully saturated rings. The van der Waals surface area contributed by atoms with E-state index in [2.05, 4.69) is 0 Å². The van der Waals surface area contributed by atoms with E-state index in [0.717, 1.165) is 12.8 Å². The molecule has 8 nitrogen and oxygen atoms in total. The average Bonchev–Trinajstić information content (AvgIpc) is 3.24. The maximum Gasteiger partial charge on any atom is 0.332 e. The van der Waals surface area contributed by atoms with Gasteiger partial charge in [-0.25, -0.2) is 13.2 Å². The minimum atomic E-state index is -3.12. The SMILES string of the molecule is O=C(O)[C@H]1CC[C@@H](C(=O)N(CC2CCCO2)C2CCS(=O)(=O)C2)O1. The molecule has 0 spiro atoms. The molecular formula is C15H23NO7S. The molecule has 3 aliphatic rings. The number of amides is 1. The molecule has 3 aliphatic heterocycles. The van der Waals surface area contributed by atoms with Crippen LogP contribution in [-0.2, 0) is 28.9 Å². The number of sulfone groups is 1. The van der Waals surface area contributed by atoms with Gasteiger partial charge in [-0.3, -0.25) is 4.79 Å². The topological polar surface area (TPSA) is 110 Å². The fourth-order valence-electron chi connectivity index (χ4n) is 3.63. The lowest BCUT2D eigenvalue weighted by Gasteiger charge is -2.32. The molecular weight excluding hydrogens is 338 g/mol. The first-order chi connectivity index (χ1) is 11.4. The van der Waals surface area contributed by atoms with Crippen molar-refractivity contribution in [1.82, 2.24) is 4.90 Å². The molecule has 0 radical (unpaired) electrons. The molecule has 24 heavy (non-hydrogen) atoms. The summed E-state index contributed by atoms with van der Waals surface area (Å²) in [6.07, 6.45) is 0.958. The second-order valence-corrected chi connectivity index (χ2v) is 8.94. The van der Waals surface area contributed by atoms with Crippen LogP contribution in [0.3, 0.4) is 0 Å². The van der Waals surface area contributed by atoms with Crippen molar-refractivity contribution in [2.45, 2.75) is 56.5 Å². The van der Waals surface area contributed by atoms with Crippen molar-refractivity contribution in [1.29, 1.82) is 0 Å². The van der Waals surface area contributed by atoms with E-state index in [1.54, 1.807) is 4.90 Å². The van der Waals surface area contributed by atoms with Gasteiger partial charge in [0.1, 0.15) is 6.10 Å². The van der Waals surface area contributed by atoms with E-state index in [0.29, 0.717) is 32.4 Å². The average molecular weight is 361 g/mol. The third-order valence-corrected chi connectivity index (χ3v) is 6.68. The molecule has 3 rings (SSSR count). The monoisotopic (exact) mass is 361 g/mol. The molecule has 0 bridgehead atoms. The smallest absolute Gasteiger partial charge is 0.332 e. The summed E-state index contributed by atoms with van der Waals surface area (Å²) in [5.41, 5.74) is 0. The minimum Gasteiger partial charge on any atom is -0.479 e. The van der Waals surface area contributed by atoms with Crippen molar-refractivity contribution in [3.63, 3.8) is 0 Å². The lowest BCUT2D eigenvalue weighted by molar-refractivity contribution is -0.156. The van der Waals surface area contributed by atoms with E-state index in [1.807, 2.05) is 0 Å². The number of rotatable bonds is 5. The Labute approximate surface area is 141 Å². The molecule has 2 unspecified atom stereocenters. The summed E-state index contributed by atoms with van der Waals surface area (Å²) in [6.45, 7) is 0.993. The molecule has 4 atom stereocenters. The number of carbonyl (C=O) groups is 2. The first-order valence-electron chi connectivity index (χ1n) is 8.36. The van der Waals surface area contributed by atoms with Crippen LogP contribution in [0.25, 0.3) is 0 Å². The fourth-order valence-corrected chi connectivity index (χ4v) is 5.36. The third kappa shape index (κ3) is 3.89. The minimum absolute atomic E-state index is 0.0411. The fraction of sp³-hybridized carbons (Fsp3) is 0.867. The van der Waals surface area contributed by atoms with E-state index >= 15 is 0 Å². The Morgan fingerprint density at radius 2 is 1.88 bits per heavy atom. The van der Waals surface area contributed by atoms with Gasteiger partial charge in [0, 0.05) is 19.2 Å². The Balaban J connectivity index is 1.71. The van der Waals surface area contributed by atoms with Crippen molar-refractivity contribution in [3.8, 4) is 0 Å². The summed E-state index contributed by atoms with van der Waals surface area (Å²) in [5, 5.41) is 9.01. The molecule has 1 amide bonds. The van der Waals surface area contributed by atoms with E-state index in [-0.39, 0.29) is 29.6 Å². The third-order valence-electron chi connectivity index (χ3n) is 4.93. The van der Waals surface area contributed by atoms with Gasteiger partial charge in [0.25, 0.3) is 5.91 Å². The Bertz CT molecular complexity index is 599. The van der Waals surface area contributed by atoms with Crippen LogP contribution < -0.4 is 0 Å². The Kier molecular flexibility index (Phi) is 5.12. The number of nitrogens with zero attached hydrogens (tertiary/aromatic N) is 1. The van der Waals surface area contributed by atoms with Gasteiger partial charge in [-0.15, -0.1) is 0 Å². The molecule has 0 saturated carbocycles.